The maximum Gasteiger partial charge on any atom is 0.243 e. The smallest absolute Gasteiger partial charge is 0.243 e. The zero-order valence-electron chi connectivity index (χ0n) is 15.0. The van der Waals surface area contributed by atoms with Gasteiger partial charge in [0.05, 0.1) is 10.6 Å². The molecule has 3 heterocycles. The van der Waals surface area contributed by atoms with Crippen LogP contribution in [0.15, 0.2) is 23.1 Å². The molecule has 7 nitrogen and oxygen atoms in total. The number of H-pyrrole nitrogens is 1. The predicted octanol–water partition coefficient (Wildman–Crippen LogP) is 1.96. The third-order valence-corrected chi connectivity index (χ3v) is 7.68. The lowest BCUT2D eigenvalue weighted by atomic mass is 10.0. The summed E-state index contributed by atoms with van der Waals surface area (Å²) in [7, 11) is -3.56. The highest BCUT2D eigenvalue weighted by molar-refractivity contribution is 7.89. The molecule has 1 fully saturated rings. The second-order valence-electron chi connectivity index (χ2n) is 7.61. The first kappa shape index (κ1) is 16.9. The lowest BCUT2D eigenvalue weighted by Gasteiger charge is -2.22. The van der Waals surface area contributed by atoms with E-state index in [1.54, 1.807) is 22.5 Å². The molecule has 2 aliphatic heterocycles. The van der Waals surface area contributed by atoms with Gasteiger partial charge in [-0.05, 0) is 55.0 Å². The van der Waals surface area contributed by atoms with Crippen LogP contribution in [0.5, 0.6) is 0 Å². The number of hydrogen-bond donors (Lipinski definition) is 2. The van der Waals surface area contributed by atoms with E-state index in [4.69, 9.17) is 0 Å². The minimum Gasteiger partial charge on any atom is -0.326 e. The average molecular weight is 386 g/mol. The Morgan fingerprint density at radius 3 is 2.70 bits per heavy atom. The van der Waals surface area contributed by atoms with Gasteiger partial charge >= 0.3 is 0 Å². The molecule has 0 unspecified atom stereocenters. The Morgan fingerprint density at radius 1 is 1.07 bits per heavy atom. The van der Waals surface area contributed by atoms with E-state index in [0.717, 1.165) is 22.6 Å². The molecule has 142 valence electrons. The van der Waals surface area contributed by atoms with Crippen LogP contribution in [0.2, 0.25) is 0 Å². The molecule has 0 saturated heterocycles. The minimum atomic E-state index is -3.56. The second kappa shape index (κ2) is 6.17. The summed E-state index contributed by atoms with van der Waals surface area (Å²) in [5.41, 5.74) is 5.06. The Balaban J connectivity index is 1.40. The first-order chi connectivity index (χ1) is 13.0. The molecule has 1 saturated carbocycles. The van der Waals surface area contributed by atoms with Gasteiger partial charge in [-0.25, -0.2) is 8.42 Å². The van der Waals surface area contributed by atoms with Gasteiger partial charge in [0.1, 0.15) is 0 Å². The van der Waals surface area contributed by atoms with E-state index in [-0.39, 0.29) is 5.91 Å². The van der Waals surface area contributed by atoms with Crippen molar-refractivity contribution < 1.29 is 13.2 Å². The zero-order valence-corrected chi connectivity index (χ0v) is 15.8. The van der Waals surface area contributed by atoms with Gasteiger partial charge in [0.15, 0.2) is 0 Å². The van der Waals surface area contributed by atoms with Crippen molar-refractivity contribution in [3.05, 3.63) is 40.7 Å². The number of aryl methyl sites for hydroxylation is 1. The van der Waals surface area contributed by atoms with Gasteiger partial charge in [-0.2, -0.15) is 9.40 Å². The second-order valence-corrected chi connectivity index (χ2v) is 9.55. The Hall–Kier alpha value is -2.19. The van der Waals surface area contributed by atoms with E-state index in [1.807, 2.05) is 0 Å². The SMILES string of the molecule is O=C1CCc2cc(S(=O)(=O)N3CCc4[nH]nc(C5CC5)c4CC3)ccc2N1. The molecule has 1 aromatic heterocycles. The average Bonchev–Trinajstić information content (AvgIpc) is 3.46. The number of fused-ring (bicyclic) bond motifs is 2. The number of carbonyl (C=O) groups is 1. The van der Waals surface area contributed by atoms with Crippen molar-refractivity contribution >= 4 is 21.6 Å². The number of sulfonamides is 1. The number of benzene rings is 1. The summed E-state index contributed by atoms with van der Waals surface area (Å²) in [6.07, 6.45) is 4.71. The minimum absolute atomic E-state index is 0.0214. The number of anilines is 1. The maximum atomic E-state index is 13.2. The van der Waals surface area contributed by atoms with Gasteiger partial charge < -0.3 is 5.32 Å². The molecule has 1 amide bonds. The van der Waals surface area contributed by atoms with Gasteiger partial charge in [0.25, 0.3) is 0 Å². The van der Waals surface area contributed by atoms with Crippen LogP contribution in [0.1, 0.15) is 47.7 Å². The Labute approximate surface area is 158 Å². The van der Waals surface area contributed by atoms with Crippen LogP contribution in [0.25, 0.3) is 0 Å². The topological polar surface area (TPSA) is 95.2 Å². The van der Waals surface area contributed by atoms with Crippen LogP contribution < -0.4 is 5.32 Å². The molecule has 3 aliphatic rings. The lowest BCUT2D eigenvalue weighted by molar-refractivity contribution is -0.116. The van der Waals surface area contributed by atoms with Crippen molar-refractivity contribution in [2.75, 3.05) is 18.4 Å². The van der Waals surface area contributed by atoms with Crippen LogP contribution in [0, 0.1) is 0 Å². The van der Waals surface area contributed by atoms with Crippen molar-refractivity contribution in [3.8, 4) is 0 Å². The predicted molar refractivity (Wildman–Crippen MR) is 100 cm³/mol. The van der Waals surface area contributed by atoms with Crippen molar-refractivity contribution in [1.82, 2.24) is 14.5 Å². The molecule has 1 aliphatic carbocycles. The van der Waals surface area contributed by atoms with Crippen molar-refractivity contribution in [1.29, 1.82) is 0 Å². The van der Waals surface area contributed by atoms with E-state index in [0.29, 0.717) is 49.6 Å². The summed E-state index contributed by atoms with van der Waals surface area (Å²) in [6, 6.07) is 5.02. The van der Waals surface area contributed by atoms with Crippen LogP contribution in [0.3, 0.4) is 0 Å². The fraction of sp³-hybridized carbons (Fsp3) is 0.474. The molecule has 2 N–H and O–H groups in total. The lowest BCUT2D eigenvalue weighted by Crippen LogP contribution is -2.33. The third-order valence-electron chi connectivity index (χ3n) is 5.78. The molecule has 5 rings (SSSR count). The van der Waals surface area contributed by atoms with E-state index < -0.39 is 10.0 Å². The zero-order chi connectivity index (χ0) is 18.6. The van der Waals surface area contributed by atoms with Gasteiger partial charge in [0.2, 0.25) is 15.9 Å². The number of aromatic amines is 1. The number of rotatable bonds is 3. The fourth-order valence-corrected chi connectivity index (χ4v) is 5.58. The molecule has 8 heteroatoms. The van der Waals surface area contributed by atoms with Crippen LogP contribution in [-0.2, 0) is 34.1 Å². The van der Waals surface area contributed by atoms with E-state index in [2.05, 4.69) is 15.5 Å². The highest BCUT2D eigenvalue weighted by Crippen LogP contribution is 2.42. The summed E-state index contributed by atoms with van der Waals surface area (Å²) in [5.74, 6) is 0.538. The highest BCUT2D eigenvalue weighted by Gasteiger charge is 2.33. The van der Waals surface area contributed by atoms with Gasteiger partial charge in [0, 0.05) is 43.2 Å². The van der Waals surface area contributed by atoms with Crippen molar-refractivity contribution in [2.45, 2.75) is 49.3 Å². The maximum absolute atomic E-state index is 13.2. The summed E-state index contributed by atoms with van der Waals surface area (Å²) >= 11 is 0. The van der Waals surface area contributed by atoms with Gasteiger partial charge in [-0.1, -0.05) is 0 Å². The molecule has 1 aromatic carbocycles. The van der Waals surface area contributed by atoms with E-state index in [9.17, 15) is 13.2 Å². The molecule has 0 atom stereocenters. The fourth-order valence-electron chi connectivity index (χ4n) is 4.09. The standard InChI is InChI=1S/C19H22N4O3S/c24-18-6-3-13-11-14(4-5-16(13)20-18)27(25,26)23-9-7-15-17(8-10-23)21-22-19(15)12-1-2-12/h4-5,11-12H,1-3,6-10H2,(H,20,24)(H,21,22). The Morgan fingerprint density at radius 2 is 1.89 bits per heavy atom. The molecular formula is C19H22N4O3S. The quantitative estimate of drug-likeness (QED) is 0.843. The molecule has 0 bridgehead atoms. The molecule has 27 heavy (non-hydrogen) atoms. The molecule has 0 radical (unpaired) electrons. The van der Waals surface area contributed by atoms with Crippen LogP contribution in [0.4, 0.5) is 5.69 Å². The summed E-state index contributed by atoms with van der Waals surface area (Å²) in [6.45, 7) is 0.928. The third kappa shape index (κ3) is 2.96. The monoisotopic (exact) mass is 386 g/mol. The van der Waals surface area contributed by atoms with E-state index >= 15 is 0 Å². The molecular weight excluding hydrogens is 364 g/mol. The number of amides is 1. The van der Waals surface area contributed by atoms with Crippen LogP contribution >= 0.6 is 0 Å². The molecule has 0 spiro atoms. The normalized spacial score (nSPS) is 20.5. The summed E-state index contributed by atoms with van der Waals surface area (Å²) in [4.78, 5) is 11.8. The Kier molecular flexibility index (Phi) is 3.87. The number of carbonyl (C=O) groups excluding carboxylic acids is 1. The van der Waals surface area contributed by atoms with Gasteiger partial charge in [-0.15, -0.1) is 0 Å². The summed E-state index contributed by atoms with van der Waals surface area (Å²) in [5, 5.41) is 10.4. The first-order valence-electron chi connectivity index (χ1n) is 9.51. The van der Waals surface area contributed by atoms with Gasteiger partial charge in [-0.3, -0.25) is 9.89 Å². The number of nitrogens with zero attached hydrogens (tertiary/aromatic N) is 2. The first-order valence-corrected chi connectivity index (χ1v) is 11.0. The summed E-state index contributed by atoms with van der Waals surface area (Å²) < 4.78 is 28.0. The highest BCUT2D eigenvalue weighted by atomic mass is 32.2. The van der Waals surface area contributed by atoms with Crippen LogP contribution in [-0.4, -0.2) is 41.9 Å². The van der Waals surface area contributed by atoms with E-state index in [1.165, 1.54) is 18.4 Å². The largest absolute Gasteiger partial charge is 0.326 e. The number of aromatic nitrogens is 2. The Bertz CT molecular complexity index is 1020. The number of hydrogen-bond acceptors (Lipinski definition) is 4. The molecule has 2 aromatic rings. The number of nitrogens with one attached hydrogen (secondary N) is 2. The van der Waals surface area contributed by atoms with Crippen molar-refractivity contribution in [3.63, 3.8) is 0 Å². The van der Waals surface area contributed by atoms with Crippen molar-refractivity contribution in [2.24, 2.45) is 0 Å².